The Morgan fingerprint density at radius 3 is 2.80 bits per heavy atom. The van der Waals surface area contributed by atoms with Crippen molar-refractivity contribution in [3.63, 3.8) is 0 Å². The van der Waals surface area contributed by atoms with Gasteiger partial charge in [-0.15, -0.1) is 0 Å². The molecule has 0 aromatic carbocycles. The largest absolute Gasteiger partial charge is 0.383 e. The molecule has 0 aromatic heterocycles. The summed E-state index contributed by atoms with van der Waals surface area (Å²) in [5.74, 6) is 0. The summed E-state index contributed by atoms with van der Waals surface area (Å²) in [7, 11) is 1.73. The second kappa shape index (κ2) is 7.01. The van der Waals surface area contributed by atoms with Crippen LogP contribution >= 0.6 is 12.2 Å². The molecule has 0 unspecified atom stereocenters. The van der Waals surface area contributed by atoms with E-state index in [1.54, 1.807) is 7.11 Å². The molecule has 1 rings (SSSR count). The predicted molar refractivity (Wildman–Crippen MR) is 67.1 cm³/mol. The maximum Gasteiger partial charge on any atom is 0.169 e. The number of methoxy groups -OCH3 is 1. The van der Waals surface area contributed by atoms with Crippen LogP contribution < -0.4 is 5.32 Å². The summed E-state index contributed by atoms with van der Waals surface area (Å²) in [5.41, 5.74) is 0. The van der Waals surface area contributed by atoms with Gasteiger partial charge in [0.05, 0.1) is 6.61 Å². The van der Waals surface area contributed by atoms with Gasteiger partial charge in [-0.25, -0.2) is 0 Å². The van der Waals surface area contributed by atoms with Crippen molar-refractivity contribution in [3.8, 4) is 0 Å². The molecular weight excluding hydrogens is 208 g/mol. The highest BCUT2D eigenvalue weighted by Gasteiger charge is 2.30. The number of hydrogen-bond donors (Lipinski definition) is 1. The topological polar surface area (TPSA) is 24.5 Å². The molecule has 1 aliphatic carbocycles. The zero-order valence-corrected chi connectivity index (χ0v) is 10.6. The standard InChI is InChI=1S/C11H22N2OS/c1-3-4-7-12-11(15)13(8-9-14-2)10-5-6-10/h10H,3-9H2,1-2H3,(H,12,15). The summed E-state index contributed by atoms with van der Waals surface area (Å²) >= 11 is 5.38. The van der Waals surface area contributed by atoms with Gasteiger partial charge in [-0.05, 0) is 31.5 Å². The minimum atomic E-state index is 0.668. The van der Waals surface area contributed by atoms with Gasteiger partial charge in [-0.3, -0.25) is 0 Å². The Morgan fingerprint density at radius 2 is 2.27 bits per heavy atom. The van der Waals surface area contributed by atoms with E-state index in [1.807, 2.05) is 0 Å². The van der Waals surface area contributed by atoms with Crippen LogP contribution in [0, 0.1) is 0 Å². The Bertz CT molecular complexity index is 195. The van der Waals surface area contributed by atoms with Crippen LogP contribution in [0.1, 0.15) is 32.6 Å². The lowest BCUT2D eigenvalue weighted by atomic mass is 10.3. The van der Waals surface area contributed by atoms with E-state index < -0.39 is 0 Å². The second-order valence-corrected chi connectivity index (χ2v) is 4.39. The first-order valence-corrected chi connectivity index (χ1v) is 6.23. The van der Waals surface area contributed by atoms with Crippen LogP contribution in [0.2, 0.25) is 0 Å². The van der Waals surface area contributed by atoms with E-state index in [9.17, 15) is 0 Å². The van der Waals surface area contributed by atoms with Crippen molar-refractivity contribution in [1.82, 2.24) is 10.2 Å². The van der Waals surface area contributed by atoms with Gasteiger partial charge in [0.2, 0.25) is 0 Å². The van der Waals surface area contributed by atoms with Crippen molar-refractivity contribution < 1.29 is 4.74 Å². The quantitative estimate of drug-likeness (QED) is 0.532. The Hall–Kier alpha value is -0.350. The number of hydrogen-bond acceptors (Lipinski definition) is 2. The van der Waals surface area contributed by atoms with Crippen molar-refractivity contribution in [2.24, 2.45) is 0 Å². The third kappa shape index (κ3) is 4.80. The lowest BCUT2D eigenvalue weighted by molar-refractivity contribution is 0.173. The van der Waals surface area contributed by atoms with Crippen LogP contribution in [-0.2, 0) is 4.74 Å². The summed E-state index contributed by atoms with van der Waals surface area (Å²) in [4.78, 5) is 2.27. The van der Waals surface area contributed by atoms with E-state index in [2.05, 4.69) is 17.1 Å². The number of thiocarbonyl (C=S) groups is 1. The van der Waals surface area contributed by atoms with Crippen molar-refractivity contribution in [2.45, 2.75) is 38.6 Å². The molecule has 3 nitrogen and oxygen atoms in total. The summed E-state index contributed by atoms with van der Waals surface area (Å²) < 4.78 is 5.10. The maximum absolute atomic E-state index is 5.38. The van der Waals surface area contributed by atoms with Gasteiger partial charge in [-0.2, -0.15) is 0 Å². The molecule has 0 heterocycles. The molecule has 0 aromatic rings. The lowest BCUT2D eigenvalue weighted by Crippen LogP contribution is -2.43. The number of unbranched alkanes of at least 4 members (excludes halogenated alkanes) is 1. The maximum atomic E-state index is 5.38. The summed E-state index contributed by atoms with van der Waals surface area (Å²) in [6.07, 6.45) is 4.94. The van der Waals surface area contributed by atoms with E-state index in [1.165, 1.54) is 25.7 Å². The average Bonchev–Trinajstić information content (AvgIpc) is 3.03. The van der Waals surface area contributed by atoms with Crippen LogP contribution in [0.15, 0.2) is 0 Å². The Morgan fingerprint density at radius 1 is 1.53 bits per heavy atom. The number of ether oxygens (including phenoxy) is 1. The zero-order chi connectivity index (χ0) is 11.1. The SMILES string of the molecule is CCCCNC(=S)N(CCOC)C1CC1. The van der Waals surface area contributed by atoms with Crippen molar-refractivity contribution >= 4 is 17.3 Å². The average molecular weight is 230 g/mol. The van der Waals surface area contributed by atoms with Gasteiger partial charge in [0, 0.05) is 26.2 Å². The number of nitrogens with one attached hydrogen (secondary N) is 1. The van der Waals surface area contributed by atoms with Crippen LogP contribution in [0.25, 0.3) is 0 Å². The van der Waals surface area contributed by atoms with Crippen LogP contribution in [-0.4, -0.2) is 42.9 Å². The van der Waals surface area contributed by atoms with Gasteiger partial charge in [0.15, 0.2) is 5.11 Å². The third-order valence-electron chi connectivity index (χ3n) is 2.59. The molecule has 4 heteroatoms. The van der Waals surface area contributed by atoms with Crippen LogP contribution in [0.5, 0.6) is 0 Å². The van der Waals surface area contributed by atoms with E-state index in [-0.39, 0.29) is 0 Å². The van der Waals surface area contributed by atoms with Gasteiger partial charge in [0.25, 0.3) is 0 Å². The normalized spacial score (nSPS) is 15.1. The zero-order valence-electron chi connectivity index (χ0n) is 9.79. The van der Waals surface area contributed by atoms with Crippen molar-refractivity contribution in [3.05, 3.63) is 0 Å². The first-order chi connectivity index (χ1) is 7.29. The van der Waals surface area contributed by atoms with Gasteiger partial charge < -0.3 is 15.0 Å². The molecule has 0 aliphatic heterocycles. The molecular formula is C11H22N2OS. The molecule has 1 N–H and O–H groups in total. The minimum absolute atomic E-state index is 0.668. The molecule has 0 saturated heterocycles. The van der Waals surface area contributed by atoms with Crippen molar-refractivity contribution in [1.29, 1.82) is 0 Å². The highest BCUT2D eigenvalue weighted by Crippen LogP contribution is 2.26. The van der Waals surface area contributed by atoms with E-state index in [0.29, 0.717) is 6.04 Å². The Labute approximate surface area is 98.2 Å². The van der Waals surface area contributed by atoms with Crippen molar-refractivity contribution in [2.75, 3.05) is 26.8 Å². The molecule has 0 radical (unpaired) electrons. The van der Waals surface area contributed by atoms with E-state index >= 15 is 0 Å². The van der Waals surface area contributed by atoms with Gasteiger partial charge in [0.1, 0.15) is 0 Å². The third-order valence-corrected chi connectivity index (χ3v) is 2.97. The molecule has 88 valence electrons. The first kappa shape index (κ1) is 12.7. The molecule has 0 bridgehead atoms. The molecule has 0 amide bonds. The van der Waals surface area contributed by atoms with Crippen LogP contribution in [0.3, 0.4) is 0 Å². The highest BCUT2D eigenvalue weighted by atomic mass is 32.1. The predicted octanol–water partition coefficient (Wildman–Crippen LogP) is 1.77. The molecule has 1 aliphatic rings. The fourth-order valence-corrected chi connectivity index (χ4v) is 1.84. The first-order valence-electron chi connectivity index (χ1n) is 5.83. The number of rotatable bonds is 7. The monoisotopic (exact) mass is 230 g/mol. The van der Waals surface area contributed by atoms with E-state index in [0.717, 1.165) is 24.8 Å². The summed E-state index contributed by atoms with van der Waals surface area (Å²) in [6, 6.07) is 0.668. The molecule has 15 heavy (non-hydrogen) atoms. The Balaban J connectivity index is 2.24. The molecule has 0 spiro atoms. The Kier molecular flexibility index (Phi) is 5.95. The minimum Gasteiger partial charge on any atom is -0.383 e. The second-order valence-electron chi connectivity index (χ2n) is 4.00. The van der Waals surface area contributed by atoms with Gasteiger partial charge >= 0.3 is 0 Å². The highest BCUT2D eigenvalue weighted by molar-refractivity contribution is 7.80. The fourth-order valence-electron chi connectivity index (χ4n) is 1.50. The summed E-state index contributed by atoms with van der Waals surface area (Å²) in [6.45, 7) is 4.85. The smallest absolute Gasteiger partial charge is 0.169 e. The summed E-state index contributed by atoms with van der Waals surface area (Å²) in [5, 5.41) is 4.22. The van der Waals surface area contributed by atoms with E-state index in [4.69, 9.17) is 17.0 Å². The van der Waals surface area contributed by atoms with Crippen LogP contribution in [0.4, 0.5) is 0 Å². The molecule has 1 fully saturated rings. The number of nitrogens with zero attached hydrogens (tertiary/aromatic N) is 1. The van der Waals surface area contributed by atoms with Gasteiger partial charge in [-0.1, -0.05) is 13.3 Å². The fraction of sp³-hybridized carbons (Fsp3) is 0.909. The molecule has 0 atom stereocenters. The molecule has 1 saturated carbocycles. The lowest BCUT2D eigenvalue weighted by Gasteiger charge is -2.25.